The van der Waals surface area contributed by atoms with Crippen LogP contribution in [-0.2, 0) is 10.1 Å². The Morgan fingerprint density at radius 2 is 2.00 bits per heavy atom. The van der Waals surface area contributed by atoms with Gasteiger partial charge in [-0.25, -0.2) is 8.42 Å². The molecule has 4 nitrogen and oxygen atoms in total. The number of nitrogens with one attached hydrogen (secondary N) is 1. The SMILES string of the molecule is CCNCCCS(=O)(=O)[O-].[Na+]. The molecule has 0 radical (unpaired) electrons. The molecular weight excluding hydrogens is 177 g/mol. The molecule has 0 aromatic carbocycles. The Kier molecular flexibility index (Phi) is 9.84. The Labute approximate surface area is 89.8 Å². The zero-order valence-corrected chi connectivity index (χ0v) is 9.78. The van der Waals surface area contributed by atoms with Crippen molar-refractivity contribution in [1.82, 2.24) is 5.32 Å². The van der Waals surface area contributed by atoms with Crippen molar-refractivity contribution < 1.29 is 42.5 Å². The first-order valence-corrected chi connectivity index (χ1v) is 4.78. The molecule has 0 aromatic heterocycles. The molecule has 0 unspecified atom stereocenters. The van der Waals surface area contributed by atoms with Crippen LogP contribution in [0.25, 0.3) is 0 Å². The maximum Gasteiger partial charge on any atom is 1.00 e. The molecule has 0 aliphatic rings. The van der Waals surface area contributed by atoms with Crippen molar-refractivity contribution in [2.45, 2.75) is 13.3 Å². The molecule has 0 rings (SSSR count). The summed E-state index contributed by atoms with van der Waals surface area (Å²) in [5, 5.41) is 2.92. The van der Waals surface area contributed by atoms with Crippen LogP contribution in [0.1, 0.15) is 13.3 Å². The number of rotatable bonds is 5. The average Bonchev–Trinajstić information content (AvgIpc) is 1.78. The van der Waals surface area contributed by atoms with Gasteiger partial charge < -0.3 is 9.87 Å². The molecule has 0 fully saturated rings. The van der Waals surface area contributed by atoms with Crippen molar-refractivity contribution in [3.05, 3.63) is 0 Å². The normalized spacial score (nSPS) is 10.7. The van der Waals surface area contributed by atoms with Gasteiger partial charge in [0.1, 0.15) is 0 Å². The van der Waals surface area contributed by atoms with Crippen LogP contribution in [0.4, 0.5) is 0 Å². The summed E-state index contributed by atoms with van der Waals surface area (Å²) < 4.78 is 30.0. The maximum absolute atomic E-state index is 10.0. The Hall–Kier alpha value is 0.870. The molecule has 6 heteroatoms. The van der Waals surface area contributed by atoms with Crippen LogP contribution in [0.2, 0.25) is 0 Å². The second-order valence-corrected chi connectivity index (χ2v) is 3.49. The first-order chi connectivity index (χ1) is 4.56. The molecule has 0 aliphatic heterocycles. The largest absolute Gasteiger partial charge is 1.00 e. The third-order valence-corrected chi connectivity index (χ3v) is 1.79. The number of hydrogen-bond acceptors (Lipinski definition) is 4. The van der Waals surface area contributed by atoms with Gasteiger partial charge in [0.2, 0.25) is 0 Å². The predicted octanol–water partition coefficient (Wildman–Crippen LogP) is -3.46. The minimum absolute atomic E-state index is 0. The topological polar surface area (TPSA) is 69.2 Å². The van der Waals surface area contributed by atoms with Crippen LogP contribution in [0.5, 0.6) is 0 Å². The molecule has 0 aromatic rings. The molecule has 0 saturated carbocycles. The quantitative estimate of drug-likeness (QED) is 0.277. The van der Waals surface area contributed by atoms with Gasteiger partial charge in [0, 0.05) is 5.75 Å². The molecule has 11 heavy (non-hydrogen) atoms. The van der Waals surface area contributed by atoms with E-state index in [0.717, 1.165) is 6.54 Å². The van der Waals surface area contributed by atoms with Crippen molar-refractivity contribution in [3.8, 4) is 0 Å². The number of hydrogen-bond donors (Lipinski definition) is 1. The van der Waals surface area contributed by atoms with Crippen LogP contribution in [0, 0.1) is 0 Å². The first kappa shape index (κ1) is 14.4. The van der Waals surface area contributed by atoms with Crippen LogP contribution < -0.4 is 34.9 Å². The van der Waals surface area contributed by atoms with E-state index in [1.807, 2.05) is 6.92 Å². The van der Waals surface area contributed by atoms with Crippen molar-refractivity contribution >= 4 is 10.1 Å². The molecule has 0 bridgehead atoms. The molecule has 0 atom stereocenters. The van der Waals surface area contributed by atoms with Gasteiger partial charge in [-0.05, 0) is 19.5 Å². The monoisotopic (exact) mass is 189 g/mol. The Balaban J connectivity index is 0. The summed E-state index contributed by atoms with van der Waals surface area (Å²) in [6, 6.07) is 0. The van der Waals surface area contributed by atoms with Gasteiger partial charge in [0.05, 0.1) is 10.1 Å². The van der Waals surface area contributed by atoms with Gasteiger partial charge in [-0.1, -0.05) is 6.92 Å². The van der Waals surface area contributed by atoms with Crippen LogP contribution in [0.3, 0.4) is 0 Å². The van der Waals surface area contributed by atoms with Crippen LogP contribution >= 0.6 is 0 Å². The summed E-state index contributed by atoms with van der Waals surface area (Å²) in [5.74, 6) is -0.264. The van der Waals surface area contributed by atoms with E-state index in [-0.39, 0.29) is 35.3 Å². The van der Waals surface area contributed by atoms with Gasteiger partial charge >= 0.3 is 29.6 Å². The van der Waals surface area contributed by atoms with Gasteiger partial charge in [0.25, 0.3) is 0 Å². The summed E-state index contributed by atoms with van der Waals surface area (Å²) >= 11 is 0. The molecule has 0 heterocycles. The molecule has 62 valence electrons. The molecule has 0 aliphatic carbocycles. The zero-order chi connectivity index (χ0) is 8.04. The minimum atomic E-state index is -3.99. The van der Waals surface area contributed by atoms with E-state index in [0.29, 0.717) is 13.0 Å². The maximum atomic E-state index is 10.0. The Bertz CT molecular complexity index is 169. The van der Waals surface area contributed by atoms with E-state index in [1.54, 1.807) is 0 Å². The van der Waals surface area contributed by atoms with E-state index in [1.165, 1.54) is 0 Å². The molecule has 0 saturated heterocycles. The van der Waals surface area contributed by atoms with Gasteiger partial charge in [0.15, 0.2) is 0 Å². The molecular formula is C5H12NNaO3S. The average molecular weight is 189 g/mol. The van der Waals surface area contributed by atoms with Crippen molar-refractivity contribution in [2.75, 3.05) is 18.8 Å². The van der Waals surface area contributed by atoms with Gasteiger partial charge in [-0.15, -0.1) is 0 Å². The fraction of sp³-hybridized carbons (Fsp3) is 1.00. The van der Waals surface area contributed by atoms with Gasteiger partial charge in [-0.3, -0.25) is 0 Å². The van der Waals surface area contributed by atoms with Gasteiger partial charge in [-0.2, -0.15) is 0 Å². The van der Waals surface area contributed by atoms with Crippen molar-refractivity contribution in [2.24, 2.45) is 0 Å². The summed E-state index contributed by atoms with van der Waals surface area (Å²) in [6.07, 6.45) is 0.402. The van der Waals surface area contributed by atoms with E-state index in [9.17, 15) is 13.0 Å². The fourth-order valence-corrected chi connectivity index (χ4v) is 1.05. The van der Waals surface area contributed by atoms with E-state index in [4.69, 9.17) is 0 Å². The van der Waals surface area contributed by atoms with E-state index in [2.05, 4.69) is 5.32 Å². The predicted molar refractivity (Wildman–Crippen MR) is 37.7 cm³/mol. The molecule has 0 spiro atoms. The van der Waals surface area contributed by atoms with Crippen molar-refractivity contribution in [3.63, 3.8) is 0 Å². The zero-order valence-electron chi connectivity index (χ0n) is 6.96. The third kappa shape index (κ3) is 13.8. The van der Waals surface area contributed by atoms with Crippen LogP contribution in [0.15, 0.2) is 0 Å². The third-order valence-electron chi connectivity index (χ3n) is 0.998. The van der Waals surface area contributed by atoms with E-state index >= 15 is 0 Å². The summed E-state index contributed by atoms with van der Waals surface area (Å²) in [5.41, 5.74) is 0. The summed E-state index contributed by atoms with van der Waals surface area (Å²) in [6.45, 7) is 3.32. The fourth-order valence-electron chi connectivity index (χ4n) is 0.551. The Morgan fingerprint density at radius 3 is 2.36 bits per heavy atom. The molecule has 0 amide bonds. The standard InChI is InChI=1S/C5H13NO3S.Na/c1-2-6-4-3-5-10(7,8)9;/h6H,2-5H2,1H3,(H,7,8,9);/q;+1/p-1. The minimum Gasteiger partial charge on any atom is -0.748 e. The second-order valence-electron chi connectivity index (χ2n) is 1.97. The summed E-state index contributed by atoms with van der Waals surface area (Å²) in [4.78, 5) is 0. The Morgan fingerprint density at radius 1 is 1.45 bits per heavy atom. The van der Waals surface area contributed by atoms with Crippen molar-refractivity contribution in [1.29, 1.82) is 0 Å². The molecule has 1 N–H and O–H groups in total. The summed E-state index contributed by atoms with van der Waals surface area (Å²) in [7, 11) is -3.99. The van der Waals surface area contributed by atoms with Crippen LogP contribution in [-0.4, -0.2) is 31.8 Å². The first-order valence-electron chi connectivity index (χ1n) is 3.20. The second kappa shape index (κ2) is 7.52. The van der Waals surface area contributed by atoms with E-state index < -0.39 is 10.1 Å². The smallest absolute Gasteiger partial charge is 0.748 e.